The summed E-state index contributed by atoms with van der Waals surface area (Å²) in [6.45, 7) is 4.77. The van der Waals surface area contributed by atoms with Gasteiger partial charge in [-0.15, -0.1) is 0 Å². The highest BCUT2D eigenvalue weighted by atomic mass is 16.1. The fraction of sp³-hybridized carbons (Fsp3) is 0.429. The Kier molecular flexibility index (Phi) is 4.16. The molecule has 0 bridgehead atoms. The van der Waals surface area contributed by atoms with Gasteiger partial charge in [0, 0.05) is 19.0 Å². The normalized spacial score (nSPS) is 12.6. The number of hydrogen-bond donors (Lipinski definition) is 3. The molecule has 0 aliphatic rings. The Morgan fingerprint density at radius 2 is 2.32 bits per heavy atom. The third kappa shape index (κ3) is 3.32. The first kappa shape index (κ1) is 13.5. The number of fused-ring (bicyclic) bond motifs is 1. The van der Waals surface area contributed by atoms with Crippen LogP contribution in [0.15, 0.2) is 18.2 Å². The first-order chi connectivity index (χ1) is 9.10. The van der Waals surface area contributed by atoms with E-state index in [2.05, 4.69) is 21.4 Å². The summed E-state index contributed by atoms with van der Waals surface area (Å²) in [7, 11) is 0. The number of carbonyl (C=O) groups is 1. The summed E-state index contributed by atoms with van der Waals surface area (Å²) in [5, 5.41) is 2.89. The van der Waals surface area contributed by atoms with E-state index in [4.69, 9.17) is 5.73 Å². The molecule has 0 radical (unpaired) electrons. The summed E-state index contributed by atoms with van der Waals surface area (Å²) in [5.74, 6) is 0.802. The van der Waals surface area contributed by atoms with E-state index in [1.165, 1.54) is 5.56 Å². The van der Waals surface area contributed by atoms with Crippen molar-refractivity contribution < 1.29 is 4.79 Å². The molecule has 0 spiro atoms. The van der Waals surface area contributed by atoms with Crippen LogP contribution in [0.4, 0.5) is 0 Å². The maximum Gasteiger partial charge on any atom is 0.224 e. The smallest absolute Gasteiger partial charge is 0.224 e. The summed E-state index contributed by atoms with van der Waals surface area (Å²) in [5.41, 5.74) is 8.64. The minimum absolute atomic E-state index is 0.0148. The number of rotatable bonds is 5. The molecule has 5 nitrogen and oxygen atoms in total. The van der Waals surface area contributed by atoms with Crippen LogP contribution in [-0.2, 0) is 11.2 Å². The van der Waals surface area contributed by atoms with Crippen LogP contribution >= 0.6 is 0 Å². The van der Waals surface area contributed by atoms with E-state index in [1.807, 2.05) is 26.0 Å². The number of H-pyrrole nitrogens is 1. The van der Waals surface area contributed by atoms with E-state index >= 15 is 0 Å². The van der Waals surface area contributed by atoms with Gasteiger partial charge in [0.25, 0.3) is 0 Å². The van der Waals surface area contributed by atoms with Crippen LogP contribution in [0.25, 0.3) is 11.0 Å². The van der Waals surface area contributed by atoms with Gasteiger partial charge in [-0.2, -0.15) is 0 Å². The Balaban J connectivity index is 1.92. The molecule has 5 heteroatoms. The molecule has 1 amide bonds. The van der Waals surface area contributed by atoms with Gasteiger partial charge in [-0.25, -0.2) is 4.98 Å². The standard InChI is InChI=1S/C14H20N4O/c1-9(8-15)14(19)16-6-5-11-3-4-12-13(7-11)18-10(2)17-12/h3-4,7,9H,5-6,8,15H2,1-2H3,(H,16,19)(H,17,18). The lowest BCUT2D eigenvalue weighted by atomic mass is 10.1. The van der Waals surface area contributed by atoms with Crippen LogP contribution in [0.1, 0.15) is 18.3 Å². The van der Waals surface area contributed by atoms with Gasteiger partial charge in [0.05, 0.1) is 11.0 Å². The van der Waals surface area contributed by atoms with Gasteiger partial charge >= 0.3 is 0 Å². The first-order valence-electron chi connectivity index (χ1n) is 6.53. The minimum atomic E-state index is -0.127. The second kappa shape index (κ2) is 5.84. The number of amides is 1. The van der Waals surface area contributed by atoms with Gasteiger partial charge in [0.2, 0.25) is 5.91 Å². The highest BCUT2D eigenvalue weighted by Crippen LogP contribution is 2.13. The van der Waals surface area contributed by atoms with Gasteiger partial charge in [-0.3, -0.25) is 4.79 Å². The Hall–Kier alpha value is -1.88. The largest absolute Gasteiger partial charge is 0.355 e. The number of aromatic amines is 1. The molecule has 0 saturated carbocycles. The Morgan fingerprint density at radius 1 is 1.53 bits per heavy atom. The molecule has 1 aromatic heterocycles. The van der Waals surface area contributed by atoms with Crippen molar-refractivity contribution in [2.24, 2.45) is 11.7 Å². The van der Waals surface area contributed by atoms with Crippen molar-refractivity contribution in [2.45, 2.75) is 20.3 Å². The number of aryl methyl sites for hydroxylation is 1. The summed E-state index contributed by atoms with van der Waals surface area (Å²) < 4.78 is 0. The van der Waals surface area contributed by atoms with Crippen molar-refractivity contribution in [2.75, 3.05) is 13.1 Å². The molecule has 1 unspecified atom stereocenters. The topological polar surface area (TPSA) is 83.8 Å². The van der Waals surface area contributed by atoms with Crippen molar-refractivity contribution in [1.29, 1.82) is 0 Å². The van der Waals surface area contributed by atoms with Crippen LogP contribution in [-0.4, -0.2) is 29.0 Å². The van der Waals surface area contributed by atoms with Crippen LogP contribution in [0.3, 0.4) is 0 Å². The number of imidazole rings is 1. The molecule has 2 rings (SSSR count). The molecule has 102 valence electrons. The Bertz CT molecular complexity index is 576. The number of carbonyl (C=O) groups excluding carboxylic acids is 1. The number of aromatic nitrogens is 2. The average molecular weight is 260 g/mol. The number of nitrogens with one attached hydrogen (secondary N) is 2. The monoisotopic (exact) mass is 260 g/mol. The molecule has 0 saturated heterocycles. The predicted octanol–water partition coefficient (Wildman–Crippen LogP) is 1.12. The predicted molar refractivity (Wildman–Crippen MR) is 75.8 cm³/mol. The first-order valence-corrected chi connectivity index (χ1v) is 6.53. The summed E-state index contributed by atoms with van der Waals surface area (Å²) in [4.78, 5) is 19.1. The SMILES string of the molecule is Cc1nc2ccc(CCNC(=O)C(C)CN)cc2[nH]1. The van der Waals surface area contributed by atoms with E-state index in [-0.39, 0.29) is 11.8 Å². The second-order valence-corrected chi connectivity index (χ2v) is 4.85. The number of nitrogens with two attached hydrogens (primary N) is 1. The molecule has 1 aromatic carbocycles. The highest BCUT2D eigenvalue weighted by molar-refractivity contribution is 5.78. The number of hydrogen-bond acceptors (Lipinski definition) is 3. The molecule has 19 heavy (non-hydrogen) atoms. The highest BCUT2D eigenvalue weighted by Gasteiger charge is 2.09. The summed E-state index contributed by atoms with van der Waals surface area (Å²) in [6, 6.07) is 6.12. The van der Waals surface area contributed by atoms with Crippen LogP contribution in [0, 0.1) is 12.8 Å². The molecule has 1 atom stereocenters. The molecule has 1 heterocycles. The third-order valence-corrected chi connectivity index (χ3v) is 3.18. The van der Waals surface area contributed by atoms with E-state index in [0.717, 1.165) is 23.3 Å². The van der Waals surface area contributed by atoms with Crippen molar-refractivity contribution in [3.63, 3.8) is 0 Å². The van der Waals surface area contributed by atoms with Crippen molar-refractivity contribution >= 4 is 16.9 Å². The molecular formula is C14H20N4O. The lowest BCUT2D eigenvalue weighted by Crippen LogP contribution is -2.34. The maximum atomic E-state index is 11.6. The molecular weight excluding hydrogens is 240 g/mol. The molecule has 0 fully saturated rings. The molecule has 4 N–H and O–H groups in total. The molecule has 0 aliphatic carbocycles. The van der Waals surface area contributed by atoms with Crippen molar-refractivity contribution in [3.05, 3.63) is 29.6 Å². The summed E-state index contributed by atoms with van der Waals surface area (Å²) >= 11 is 0. The van der Waals surface area contributed by atoms with E-state index in [1.54, 1.807) is 0 Å². The van der Waals surface area contributed by atoms with E-state index in [0.29, 0.717) is 13.1 Å². The Morgan fingerprint density at radius 3 is 3.05 bits per heavy atom. The fourth-order valence-electron chi connectivity index (χ4n) is 1.95. The van der Waals surface area contributed by atoms with Crippen molar-refractivity contribution in [1.82, 2.24) is 15.3 Å². The maximum absolute atomic E-state index is 11.6. The lowest BCUT2D eigenvalue weighted by Gasteiger charge is -2.09. The third-order valence-electron chi connectivity index (χ3n) is 3.18. The number of benzene rings is 1. The van der Waals surface area contributed by atoms with E-state index in [9.17, 15) is 4.79 Å². The van der Waals surface area contributed by atoms with Gasteiger partial charge in [-0.05, 0) is 31.0 Å². The zero-order valence-electron chi connectivity index (χ0n) is 11.4. The Labute approximate surface area is 112 Å². The fourth-order valence-corrected chi connectivity index (χ4v) is 1.95. The van der Waals surface area contributed by atoms with E-state index < -0.39 is 0 Å². The van der Waals surface area contributed by atoms with Crippen molar-refractivity contribution in [3.8, 4) is 0 Å². The molecule has 0 aliphatic heterocycles. The zero-order valence-corrected chi connectivity index (χ0v) is 11.4. The van der Waals surface area contributed by atoms with Gasteiger partial charge in [0.15, 0.2) is 0 Å². The van der Waals surface area contributed by atoms with Gasteiger partial charge in [-0.1, -0.05) is 13.0 Å². The van der Waals surface area contributed by atoms with Gasteiger partial charge in [0.1, 0.15) is 5.82 Å². The van der Waals surface area contributed by atoms with Crippen LogP contribution in [0.5, 0.6) is 0 Å². The van der Waals surface area contributed by atoms with Crippen LogP contribution < -0.4 is 11.1 Å². The summed E-state index contributed by atoms with van der Waals surface area (Å²) in [6.07, 6.45) is 0.803. The lowest BCUT2D eigenvalue weighted by molar-refractivity contribution is -0.124. The molecule has 2 aromatic rings. The quantitative estimate of drug-likeness (QED) is 0.753. The zero-order chi connectivity index (χ0) is 13.8. The van der Waals surface area contributed by atoms with Gasteiger partial charge < -0.3 is 16.0 Å². The number of nitrogens with zero attached hydrogens (tertiary/aromatic N) is 1. The minimum Gasteiger partial charge on any atom is -0.355 e. The second-order valence-electron chi connectivity index (χ2n) is 4.85. The van der Waals surface area contributed by atoms with Crippen LogP contribution in [0.2, 0.25) is 0 Å². The average Bonchev–Trinajstić information content (AvgIpc) is 2.77.